The van der Waals surface area contributed by atoms with Crippen molar-refractivity contribution in [1.29, 1.82) is 0 Å². The van der Waals surface area contributed by atoms with Gasteiger partial charge in [0.05, 0.1) is 5.75 Å². The van der Waals surface area contributed by atoms with Crippen LogP contribution in [0.1, 0.15) is 51.6 Å². The minimum Gasteiger partial charge on any atom is -0.353 e. The third-order valence-electron chi connectivity index (χ3n) is 3.25. The number of nitrogens with zero attached hydrogens (tertiary/aromatic N) is 3. The molecule has 0 aromatic carbocycles. The van der Waals surface area contributed by atoms with Crippen LogP contribution in [0.5, 0.6) is 0 Å². The number of nitrogens with two attached hydrogens (primary N) is 1. The summed E-state index contributed by atoms with van der Waals surface area (Å²) in [6, 6.07) is 0.147. The number of carbonyl (C=O) groups excluding carboxylic acids is 1. The van der Waals surface area contributed by atoms with Gasteiger partial charge in [-0.3, -0.25) is 9.59 Å². The van der Waals surface area contributed by atoms with Gasteiger partial charge in [-0.25, -0.2) is 0 Å². The molecule has 0 spiro atoms. The predicted molar refractivity (Wildman–Crippen MR) is 88.3 cm³/mol. The van der Waals surface area contributed by atoms with Crippen LogP contribution < -0.4 is 16.7 Å². The molecule has 1 rings (SSSR count). The quantitative estimate of drug-likeness (QED) is 0.402. The van der Waals surface area contributed by atoms with Gasteiger partial charge in [-0.1, -0.05) is 44.4 Å². The number of hydrogen-bond donors (Lipinski definition) is 2. The maximum atomic E-state index is 11.9. The first-order valence-corrected chi connectivity index (χ1v) is 8.57. The molecule has 8 heteroatoms. The highest BCUT2D eigenvalue weighted by Crippen LogP contribution is 2.11. The third kappa shape index (κ3) is 6.05. The Hall–Kier alpha value is -1.57. The van der Waals surface area contributed by atoms with Crippen molar-refractivity contribution in [3.05, 3.63) is 16.0 Å². The number of carbonyl (C=O) groups is 1. The largest absolute Gasteiger partial charge is 0.353 e. The van der Waals surface area contributed by atoms with Gasteiger partial charge < -0.3 is 11.2 Å². The first-order chi connectivity index (χ1) is 10.5. The zero-order valence-corrected chi connectivity index (χ0v) is 14.3. The molecular formula is C14H25N5O2S. The summed E-state index contributed by atoms with van der Waals surface area (Å²) in [5.74, 6) is 5.68. The lowest BCUT2D eigenvalue weighted by Gasteiger charge is -2.13. The molecule has 0 unspecified atom stereocenters. The van der Waals surface area contributed by atoms with Gasteiger partial charge in [-0.05, 0) is 20.3 Å². The highest BCUT2D eigenvalue weighted by atomic mass is 32.2. The summed E-state index contributed by atoms with van der Waals surface area (Å²) in [6.45, 7) is 5.71. The van der Waals surface area contributed by atoms with Crippen LogP contribution in [-0.2, 0) is 4.79 Å². The van der Waals surface area contributed by atoms with Gasteiger partial charge in [0.15, 0.2) is 0 Å². The lowest BCUT2D eigenvalue weighted by atomic mass is 10.1. The molecule has 1 amide bonds. The van der Waals surface area contributed by atoms with E-state index >= 15 is 0 Å². The van der Waals surface area contributed by atoms with Gasteiger partial charge in [-0.2, -0.15) is 4.68 Å². The van der Waals surface area contributed by atoms with Crippen molar-refractivity contribution in [2.24, 2.45) is 0 Å². The molecule has 7 nitrogen and oxygen atoms in total. The van der Waals surface area contributed by atoms with Crippen molar-refractivity contribution >= 4 is 17.7 Å². The third-order valence-corrected chi connectivity index (χ3v) is 4.19. The molecule has 0 saturated carbocycles. The van der Waals surface area contributed by atoms with Gasteiger partial charge in [0.25, 0.3) is 5.56 Å². The number of aromatic nitrogens is 3. The van der Waals surface area contributed by atoms with E-state index in [1.807, 2.05) is 6.92 Å². The molecule has 0 aliphatic carbocycles. The topological polar surface area (TPSA) is 103 Å². The van der Waals surface area contributed by atoms with Crippen LogP contribution in [0.2, 0.25) is 0 Å². The summed E-state index contributed by atoms with van der Waals surface area (Å²) in [7, 11) is 0. The maximum Gasteiger partial charge on any atom is 0.294 e. The number of nitrogens with one attached hydrogen (secondary N) is 1. The van der Waals surface area contributed by atoms with Crippen molar-refractivity contribution in [3.63, 3.8) is 0 Å². The molecule has 0 aliphatic heterocycles. The van der Waals surface area contributed by atoms with Crippen LogP contribution in [0.4, 0.5) is 0 Å². The molecule has 0 aliphatic rings. The molecule has 1 heterocycles. The summed E-state index contributed by atoms with van der Waals surface area (Å²) >= 11 is 1.10. The second-order valence-corrected chi connectivity index (χ2v) is 6.29. The highest BCUT2D eigenvalue weighted by Gasteiger charge is 2.12. The summed E-state index contributed by atoms with van der Waals surface area (Å²) < 4.78 is 0.925. The van der Waals surface area contributed by atoms with Crippen molar-refractivity contribution in [2.45, 2.75) is 64.1 Å². The number of aryl methyl sites for hydroxylation is 1. The first kappa shape index (κ1) is 18.5. The number of hydrogen-bond acceptors (Lipinski definition) is 6. The molecule has 0 bridgehead atoms. The van der Waals surface area contributed by atoms with Gasteiger partial charge >= 0.3 is 0 Å². The summed E-state index contributed by atoms with van der Waals surface area (Å²) in [4.78, 5) is 23.5. The Labute approximate surface area is 135 Å². The van der Waals surface area contributed by atoms with Crippen LogP contribution >= 0.6 is 11.8 Å². The van der Waals surface area contributed by atoms with Crippen LogP contribution in [0.25, 0.3) is 0 Å². The van der Waals surface area contributed by atoms with Crippen LogP contribution in [-0.4, -0.2) is 32.6 Å². The van der Waals surface area contributed by atoms with E-state index in [1.165, 1.54) is 19.3 Å². The van der Waals surface area contributed by atoms with E-state index in [0.29, 0.717) is 0 Å². The fraction of sp³-hybridized carbons (Fsp3) is 0.714. The Bertz CT molecular complexity index is 547. The lowest BCUT2D eigenvalue weighted by molar-refractivity contribution is -0.119. The van der Waals surface area contributed by atoms with Crippen LogP contribution in [0.3, 0.4) is 0 Å². The van der Waals surface area contributed by atoms with Crippen LogP contribution in [0, 0.1) is 6.92 Å². The van der Waals surface area contributed by atoms with E-state index in [-0.39, 0.29) is 28.6 Å². The molecule has 124 valence electrons. The van der Waals surface area contributed by atoms with Crippen molar-refractivity contribution < 1.29 is 4.79 Å². The number of amides is 1. The van der Waals surface area contributed by atoms with Crippen molar-refractivity contribution in [3.8, 4) is 0 Å². The van der Waals surface area contributed by atoms with E-state index < -0.39 is 5.56 Å². The molecule has 0 fully saturated rings. The Morgan fingerprint density at radius 2 is 2.09 bits per heavy atom. The fourth-order valence-electron chi connectivity index (χ4n) is 1.96. The van der Waals surface area contributed by atoms with E-state index in [4.69, 9.17) is 5.84 Å². The first-order valence-electron chi connectivity index (χ1n) is 7.59. The normalized spacial score (nSPS) is 12.1. The molecule has 3 N–H and O–H groups in total. The van der Waals surface area contributed by atoms with E-state index in [9.17, 15) is 9.59 Å². The standard InChI is InChI=1S/C14H25N5O2S/c1-4-5-6-7-8-10(2)16-12(20)9-22-14-18-17-11(3)13(21)19(14)15/h10H,4-9,15H2,1-3H3,(H,16,20)/t10-/m1/s1. The molecule has 0 radical (unpaired) electrons. The zero-order valence-electron chi connectivity index (χ0n) is 13.5. The van der Waals surface area contributed by atoms with E-state index in [1.54, 1.807) is 6.92 Å². The maximum absolute atomic E-state index is 11.9. The SMILES string of the molecule is CCCCCC[C@@H](C)NC(=O)CSc1nnc(C)c(=O)n1N. The molecule has 22 heavy (non-hydrogen) atoms. The van der Waals surface area contributed by atoms with Gasteiger partial charge in [-0.15, -0.1) is 10.2 Å². The Balaban J connectivity index is 2.37. The molecular weight excluding hydrogens is 302 g/mol. The molecule has 1 aromatic rings. The van der Waals surface area contributed by atoms with Crippen molar-refractivity contribution in [1.82, 2.24) is 20.2 Å². The smallest absolute Gasteiger partial charge is 0.294 e. The monoisotopic (exact) mass is 327 g/mol. The van der Waals surface area contributed by atoms with Gasteiger partial charge in [0.2, 0.25) is 11.1 Å². The summed E-state index contributed by atoms with van der Waals surface area (Å²) in [6.07, 6.45) is 5.73. The number of nitrogen functional groups attached to an aromatic ring is 1. The van der Waals surface area contributed by atoms with Gasteiger partial charge in [0.1, 0.15) is 5.69 Å². The predicted octanol–water partition coefficient (Wildman–Crippen LogP) is 1.23. The average molecular weight is 327 g/mol. The Morgan fingerprint density at radius 1 is 1.36 bits per heavy atom. The van der Waals surface area contributed by atoms with E-state index in [0.717, 1.165) is 29.3 Å². The number of thioether (sulfide) groups is 1. The van der Waals surface area contributed by atoms with Gasteiger partial charge in [0, 0.05) is 6.04 Å². The van der Waals surface area contributed by atoms with Crippen molar-refractivity contribution in [2.75, 3.05) is 11.6 Å². The minimum absolute atomic E-state index is 0.0946. The second kappa shape index (κ2) is 9.45. The summed E-state index contributed by atoms with van der Waals surface area (Å²) in [5, 5.41) is 10.7. The number of unbranched alkanes of at least 4 members (excludes halogenated alkanes) is 3. The fourth-order valence-corrected chi connectivity index (χ4v) is 2.63. The summed E-state index contributed by atoms with van der Waals surface area (Å²) in [5.41, 5.74) is -0.167. The Kier molecular flexibility index (Phi) is 7.94. The molecule has 1 atom stereocenters. The Morgan fingerprint density at radius 3 is 2.77 bits per heavy atom. The molecule has 0 saturated heterocycles. The van der Waals surface area contributed by atoms with E-state index in [2.05, 4.69) is 22.4 Å². The van der Waals surface area contributed by atoms with Crippen LogP contribution in [0.15, 0.2) is 9.95 Å². The lowest BCUT2D eigenvalue weighted by Crippen LogP contribution is -2.35. The molecule has 1 aromatic heterocycles. The zero-order chi connectivity index (χ0) is 16.5. The average Bonchev–Trinajstić information content (AvgIpc) is 2.48. The second-order valence-electron chi connectivity index (χ2n) is 5.35. The number of rotatable bonds is 9. The minimum atomic E-state index is -0.401. The highest BCUT2D eigenvalue weighted by molar-refractivity contribution is 7.99.